The average Bonchev–Trinajstić information content (AvgIpc) is 2.53. The molecule has 0 amide bonds. The molecule has 0 unspecified atom stereocenters. The van der Waals surface area contributed by atoms with Gasteiger partial charge in [-0.05, 0) is 40.4 Å². The fraction of sp³-hybridized carbons (Fsp3) is 0.333. The predicted molar refractivity (Wildman–Crippen MR) is 98.4 cm³/mol. The van der Waals surface area contributed by atoms with Gasteiger partial charge in [-0.25, -0.2) is 4.79 Å². The number of ether oxygens (including phenoxy) is 1. The second-order valence-corrected chi connectivity index (χ2v) is 7.14. The van der Waals surface area contributed by atoms with Crippen LogP contribution in [-0.4, -0.2) is 17.6 Å². The number of hydrogen-bond donors (Lipinski definition) is 1. The van der Waals surface area contributed by atoms with Crippen molar-refractivity contribution in [3.8, 4) is 5.75 Å². The van der Waals surface area contributed by atoms with Gasteiger partial charge in [0.1, 0.15) is 17.9 Å². The third kappa shape index (κ3) is 3.44. The Kier molecular flexibility index (Phi) is 4.87. The topological polar surface area (TPSA) is 78.4 Å². The minimum Gasteiger partial charge on any atom is -0.491 e. The summed E-state index contributed by atoms with van der Waals surface area (Å²) in [5.41, 5.74) is 6.15. The quantitative estimate of drug-likeness (QED) is 0.528. The largest absolute Gasteiger partial charge is 0.491 e. The van der Waals surface area contributed by atoms with Crippen molar-refractivity contribution >= 4 is 37.7 Å². The van der Waals surface area contributed by atoms with E-state index in [4.69, 9.17) is 14.9 Å². The monoisotopic (exact) mass is 390 g/mol. The summed E-state index contributed by atoms with van der Waals surface area (Å²) in [6, 6.07) is 5.21. The van der Waals surface area contributed by atoms with E-state index in [-0.39, 0.29) is 11.7 Å². The number of benzene rings is 1. The third-order valence-electron chi connectivity index (χ3n) is 3.79. The fourth-order valence-electron chi connectivity index (χ4n) is 2.75. The zero-order valence-electron chi connectivity index (χ0n) is 13.6. The summed E-state index contributed by atoms with van der Waals surface area (Å²) in [6.45, 7) is 4.65. The van der Waals surface area contributed by atoms with Crippen LogP contribution in [0.2, 0.25) is 0 Å². The zero-order chi connectivity index (χ0) is 17.3. The van der Waals surface area contributed by atoms with E-state index >= 15 is 0 Å². The maximum atomic E-state index is 12.1. The van der Waals surface area contributed by atoms with Gasteiger partial charge in [-0.1, -0.05) is 13.8 Å². The number of fused-ring (bicyclic) bond motifs is 3. The van der Waals surface area contributed by atoms with Crippen molar-refractivity contribution in [2.45, 2.75) is 26.3 Å². The van der Waals surface area contributed by atoms with E-state index in [9.17, 15) is 4.79 Å². The lowest BCUT2D eigenvalue weighted by Crippen LogP contribution is -2.29. The summed E-state index contributed by atoms with van der Waals surface area (Å²) < 4.78 is 12.0. The van der Waals surface area contributed by atoms with E-state index in [2.05, 4.69) is 34.8 Å². The maximum Gasteiger partial charge on any atom is 0.344 e. The van der Waals surface area contributed by atoms with Gasteiger partial charge in [-0.15, -0.1) is 0 Å². The Bertz CT molecular complexity index is 937. The Balaban J connectivity index is 1.98. The highest BCUT2D eigenvalue weighted by Crippen LogP contribution is 2.33. The van der Waals surface area contributed by atoms with Crippen LogP contribution in [-0.2, 0) is 0 Å². The number of rotatable bonds is 5. The van der Waals surface area contributed by atoms with Gasteiger partial charge in [-0.2, -0.15) is 0 Å². The van der Waals surface area contributed by atoms with Crippen molar-refractivity contribution in [2.75, 3.05) is 6.61 Å². The van der Waals surface area contributed by atoms with Gasteiger partial charge in [0.25, 0.3) is 0 Å². The van der Waals surface area contributed by atoms with Crippen molar-refractivity contribution in [1.82, 2.24) is 4.98 Å². The lowest BCUT2D eigenvalue weighted by Gasteiger charge is -2.16. The van der Waals surface area contributed by atoms with Crippen LogP contribution >= 0.6 is 15.9 Å². The highest BCUT2D eigenvalue weighted by Gasteiger charge is 2.13. The van der Waals surface area contributed by atoms with Gasteiger partial charge >= 0.3 is 5.63 Å². The first-order valence-electron chi connectivity index (χ1n) is 7.84. The molecule has 2 N–H and O–H groups in total. The van der Waals surface area contributed by atoms with Gasteiger partial charge in [0.2, 0.25) is 0 Å². The van der Waals surface area contributed by atoms with Crippen molar-refractivity contribution in [3.63, 3.8) is 0 Å². The molecular formula is C18H19BrN2O3. The fourth-order valence-corrected chi connectivity index (χ4v) is 3.21. The molecule has 6 heteroatoms. The molecule has 0 saturated heterocycles. The molecule has 2 aromatic heterocycles. The van der Waals surface area contributed by atoms with Gasteiger partial charge in [-0.3, -0.25) is 4.98 Å². The maximum absolute atomic E-state index is 12.1. The molecule has 24 heavy (non-hydrogen) atoms. The minimum absolute atomic E-state index is 0.0413. The molecule has 0 bridgehead atoms. The highest BCUT2D eigenvalue weighted by atomic mass is 79.9. The van der Waals surface area contributed by atoms with E-state index in [0.717, 1.165) is 21.7 Å². The van der Waals surface area contributed by atoms with E-state index < -0.39 is 0 Å². The van der Waals surface area contributed by atoms with Crippen LogP contribution in [0.25, 0.3) is 21.7 Å². The van der Waals surface area contributed by atoms with Gasteiger partial charge in [0, 0.05) is 35.3 Å². The standard InChI is InChI=1S/C18H19BrN2O3/c1-10(2)5-11(20)9-23-17-7-16-13(6-15(17)19)14-8-21-4-3-12(14)18(22)24-16/h3-4,6-8,10-11H,5,9,20H2,1-2H3/t11-/m0/s1. The average molecular weight is 391 g/mol. The number of nitrogens with zero attached hydrogens (tertiary/aromatic N) is 1. The molecular weight excluding hydrogens is 372 g/mol. The second kappa shape index (κ2) is 6.91. The van der Waals surface area contributed by atoms with Crippen LogP contribution in [0.1, 0.15) is 20.3 Å². The molecule has 0 fully saturated rings. The van der Waals surface area contributed by atoms with E-state index in [1.807, 2.05) is 6.07 Å². The molecule has 0 radical (unpaired) electrons. The lowest BCUT2D eigenvalue weighted by atomic mass is 10.1. The predicted octanol–water partition coefficient (Wildman–Crippen LogP) is 3.86. The highest BCUT2D eigenvalue weighted by molar-refractivity contribution is 9.10. The summed E-state index contributed by atoms with van der Waals surface area (Å²) in [4.78, 5) is 16.2. The molecule has 1 aromatic carbocycles. The first-order chi connectivity index (χ1) is 11.5. The van der Waals surface area contributed by atoms with Crippen molar-refractivity contribution in [3.05, 3.63) is 45.5 Å². The SMILES string of the molecule is CC(C)C[C@H](N)COc1cc2oc(=O)c3ccncc3c2cc1Br. The molecule has 0 saturated carbocycles. The Morgan fingerprint density at radius 2 is 2.08 bits per heavy atom. The molecule has 2 heterocycles. The number of pyridine rings is 1. The summed E-state index contributed by atoms with van der Waals surface area (Å²) in [7, 11) is 0. The summed E-state index contributed by atoms with van der Waals surface area (Å²) in [6.07, 6.45) is 4.13. The normalized spacial score (nSPS) is 12.9. The lowest BCUT2D eigenvalue weighted by molar-refractivity contribution is 0.269. The number of nitrogens with two attached hydrogens (primary N) is 1. The van der Waals surface area contributed by atoms with E-state index in [1.54, 1.807) is 24.5 Å². The summed E-state index contributed by atoms with van der Waals surface area (Å²) in [5.74, 6) is 1.12. The van der Waals surface area contributed by atoms with Crippen LogP contribution in [0.3, 0.4) is 0 Å². The molecule has 5 nitrogen and oxygen atoms in total. The Hall–Kier alpha value is -1.92. The smallest absolute Gasteiger partial charge is 0.344 e. The Morgan fingerprint density at radius 1 is 1.29 bits per heavy atom. The Morgan fingerprint density at radius 3 is 2.83 bits per heavy atom. The molecule has 126 valence electrons. The van der Waals surface area contributed by atoms with Crippen molar-refractivity contribution in [1.29, 1.82) is 0 Å². The first kappa shape index (κ1) is 16.9. The van der Waals surface area contributed by atoms with Crippen LogP contribution in [0.4, 0.5) is 0 Å². The first-order valence-corrected chi connectivity index (χ1v) is 8.63. The molecule has 0 spiro atoms. The molecule has 1 atom stereocenters. The van der Waals surface area contributed by atoms with Gasteiger partial charge in [0.15, 0.2) is 0 Å². The van der Waals surface area contributed by atoms with Crippen LogP contribution in [0, 0.1) is 5.92 Å². The van der Waals surface area contributed by atoms with Crippen LogP contribution in [0.5, 0.6) is 5.75 Å². The summed E-state index contributed by atoms with van der Waals surface area (Å²) >= 11 is 3.52. The number of halogens is 1. The molecule has 0 aliphatic carbocycles. The van der Waals surface area contributed by atoms with Crippen molar-refractivity contribution in [2.24, 2.45) is 11.7 Å². The second-order valence-electron chi connectivity index (χ2n) is 6.29. The van der Waals surface area contributed by atoms with E-state index in [0.29, 0.717) is 29.2 Å². The zero-order valence-corrected chi connectivity index (χ0v) is 15.2. The summed E-state index contributed by atoms with van der Waals surface area (Å²) in [5, 5.41) is 2.08. The molecule has 3 aromatic rings. The number of aromatic nitrogens is 1. The molecule has 0 aliphatic rings. The molecule has 3 rings (SSSR count). The van der Waals surface area contributed by atoms with Gasteiger partial charge < -0.3 is 14.9 Å². The Labute approximate surface area is 147 Å². The minimum atomic E-state index is -0.385. The van der Waals surface area contributed by atoms with Crippen molar-refractivity contribution < 1.29 is 9.15 Å². The van der Waals surface area contributed by atoms with Crippen LogP contribution < -0.4 is 16.1 Å². The number of hydrogen-bond acceptors (Lipinski definition) is 5. The van der Waals surface area contributed by atoms with E-state index in [1.165, 1.54) is 0 Å². The third-order valence-corrected chi connectivity index (χ3v) is 4.41. The molecule has 0 aliphatic heterocycles. The van der Waals surface area contributed by atoms with Gasteiger partial charge in [0.05, 0.1) is 9.86 Å². The van der Waals surface area contributed by atoms with Crippen LogP contribution in [0.15, 0.2) is 44.3 Å².